The van der Waals surface area contributed by atoms with Crippen LogP contribution in [0, 0.1) is 0 Å². The van der Waals surface area contributed by atoms with Gasteiger partial charge in [-0.2, -0.15) is 0 Å². The number of methoxy groups -OCH3 is 2. The number of pyridine rings is 1. The van der Waals surface area contributed by atoms with E-state index in [9.17, 15) is 9.59 Å². The number of carbonyl (C=O) groups excluding carboxylic acids is 2. The molecule has 11 heteroatoms. The molecule has 1 aliphatic rings. The van der Waals surface area contributed by atoms with Crippen molar-refractivity contribution in [2.45, 2.75) is 44.1 Å². The Balaban J connectivity index is 1.29. The number of esters is 2. The van der Waals surface area contributed by atoms with Crippen LogP contribution in [-0.4, -0.2) is 62.3 Å². The summed E-state index contributed by atoms with van der Waals surface area (Å²) in [6.45, 7) is 2.18. The minimum absolute atomic E-state index is 0.0968. The lowest BCUT2D eigenvalue weighted by Gasteiger charge is -2.30. The van der Waals surface area contributed by atoms with Crippen LogP contribution < -0.4 is 14.8 Å². The van der Waals surface area contributed by atoms with E-state index in [-0.39, 0.29) is 18.5 Å². The average molecular weight is 693 g/mol. The van der Waals surface area contributed by atoms with Crippen molar-refractivity contribution in [1.82, 2.24) is 15.2 Å². The molecule has 252 valence electrons. The van der Waals surface area contributed by atoms with Crippen LogP contribution in [0.15, 0.2) is 85.2 Å². The lowest BCUT2D eigenvalue weighted by molar-refractivity contribution is -0.154. The van der Waals surface area contributed by atoms with Gasteiger partial charge in [0.1, 0.15) is 18.2 Å². The zero-order valence-corrected chi connectivity index (χ0v) is 28.7. The average Bonchev–Trinajstić information content (AvgIpc) is 3.10. The summed E-state index contributed by atoms with van der Waals surface area (Å²) in [5.41, 5.74) is 3.34. The number of nitrogens with one attached hydrogen (secondary N) is 1. The Morgan fingerprint density at radius 2 is 1.56 bits per heavy atom. The van der Waals surface area contributed by atoms with Gasteiger partial charge in [0.2, 0.25) is 0 Å². The number of nitrogens with zero attached hydrogens (tertiary/aromatic N) is 2. The molecule has 1 aliphatic heterocycles. The Labute approximate surface area is 291 Å². The third-order valence-corrected chi connectivity index (χ3v) is 9.04. The van der Waals surface area contributed by atoms with Crippen LogP contribution in [0.2, 0.25) is 10.0 Å². The summed E-state index contributed by atoms with van der Waals surface area (Å²) in [5, 5.41) is 4.09. The Morgan fingerprint density at radius 1 is 0.896 bits per heavy atom. The van der Waals surface area contributed by atoms with Crippen molar-refractivity contribution in [1.29, 1.82) is 0 Å². The number of rotatable bonds is 13. The predicted molar refractivity (Wildman–Crippen MR) is 185 cm³/mol. The zero-order chi connectivity index (χ0) is 34.0. The summed E-state index contributed by atoms with van der Waals surface area (Å²) in [4.78, 5) is 33.1. The fourth-order valence-corrected chi connectivity index (χ4v) is 6.11. The zero-order valence-electron chi connectivity index (χ0n) is 27.2. The highest BCUT2D eigenvalue weighted by molar-refractivity contribution is 6.35. The molecule has 1 unspecified atom stereocenters. The quantitative estimate of drug-likeness (QED) is 0.148. The number of benzene rings is 3. The normalized spacial score (nSPS) is 14.9. The lowest BCUT2D eigenvalue weighted by Crippen LogP contribution is -2.38. The standard InChI is InChI=1S/C37H39Cl2N3O6/c1-42-17-15-28(16-18-42)47-37(44)35(25-7-5-4-6-8-25)41-21-24-9-11-26(12-10-24)36(43)48-33(20-29-30(38)22-40-23-31(29)39)27-13-14-32(45-2)34(19-27)46-3/h4-14,19,22-23,28,33,35,41H,15-18,20-21H2,1-3H3/t33-,35?/m0/s1. The molecule has 3 aromatic carbocycles. The van der Waals surface area contributed by atoms with Gasteiger partial charge in [0.25, 0.3) is 0 Å². The number of halogens is 2. The van der Waals surface area contributed by atoms with Gasteiger partial charge in [-0.25, -0.2) is 9.59 Å². The first-order chi connectivity index (χ1) is 23.2. The minimum Gasteiger partial charge on any atom is -0.493 e. The Bertz CT molecular complexity index is 1660. The second-order valence-electron chi connectivity index (χ2n) is 11.7. The van der Waals surface area contributed by atoms with Crippen molar-refractivity contribution in [3.05, 3.63) is 123 Å². The second kappa shape index (κ2) is 16.8. The van der Waals surface area contributed by atoms with Crippen LogP contribution in [-0.2, 0) is 27.2 Å². The number of hydrogen-bond donors (Lipinski definition) is 1. The summed E-state index contributed by atoms with van der Waals surface area (Å²) in [7, 11) is 5.16. The van der Waals surface area contributed by atoms with E-state index in [1.165, 1.54) is 19.5 Å². The van der Waals surface area contributed by atoms with E-state index in [2.05, 4.69) is 22.2 Å². The van der Waals surface area contributed by atoms with Crippen molar-refractivity contribution in [2.75, 3.05) is 34.4 Å². The van der Waals surface area contributed by atoms with Crippen molar-refractivity contribution in [3.8, 4) is 11.5 Å². The summed E-state index contributed by atoms with van der Waals surface area (Å²) in [6.07, 6.45) is 3.99. The van der Waals surface area contributed by atoms with Crippen LogP contribution in [0.5, 0.6) is 11.5 Å². The Morgan fingerprint density at radius 3 is 2.21 bits per heavy atom. The molecule has 2 heterocycles. The number of likely N-dealkylation sites (tertiary alicyclic amines) is 1. The van der Waals surface area contributed by atoms with E-state index in [4.69, 9.17) is 42.1 Å². The minimum atomic E-state index is -0.752. The summed E-state index contributed by atoms with van der Waals surface area (Å²) in [5.74, 6) is 0.204. The molecule has 2 atom stereocenters. The van der Waals surface area contributed by atoms with E-state index >= 15 is 0 Å². The van der Waals surface area contributed by atoms with E-state index in [0.717, 1.165) is 37.1 Å². The molecule has 4 aromatic rings. The van der Waals surface area contributed by atoms with Gasteiger partial charge >= 0.3 is 11.9 Å². The van der Waals surface area contributed by atoms with Gasteiger partial charge in [0.15, 0.2) is 11.5 Å². The Hall–Kier alpha value is -4.15. The van der Waals surface area contributed by atoms with E-state index in [0.29, 0.717) is 44.8 Å². The monoisotopic (exact) mass is 691 g/mol. The highest BCUT2D eigenvalue weighted by atomic mass is 35.5. The fraction of sp³-hybridized carbons (Fsp3) is 0.324. The van der Waals surface area contributed by atoms with Gasteiger partial charge in [0, 0.05) is 38.4 Å². The molecule has 0 aliphatic carbocycles. The van der Waals surface area contributed by atoms with Gasteiger partial charge in [-0.3, -0.25) is 10.3 Å². The van der Waals surface area contributed by atoms with Crippen molar-refractivity contribution in [3.63, 3.8) is 0 Å². The maximum Gasteiger partial charge on any atom is 0.338 e. The van der Waals surface area contributed by atoms with Gasteiger partial charge in [-0.05, 0) is 66.4 Å². The lowest BCUT2D eigenvalue weighted by atomic mass is 10.0. The maximum atomic E-state index is 13.5. The van der Waals surface area contributed by atoms with Crippen LogP contribution in [0.3, 0.4) is 0 Å². The molecular weight excluding hydrogens is 653 g/mol. The van der Waals surface area contributed by atoms with Crippen LogP contribution in [0.25, 0.3) is 0 Å². The first-order valence-electron chi connectivity index (χ1n) is 15.7. The number of carbonyl (C=O) groups is 2. The van der Waals surface area contributed by atoms with Gasteiger partial charge < -0.3 is 23.8 Å². The maximum absolute atomic E-state index is 13.5. The summed E-state index contributed by atoms with van der Waals surface area (Å²) < 4.78 is 22.9. The molecule has 0 spiro atoms. The van der Waals surface area contributed by atoms with E-state index < -0.39 is 18.1 Å². The molecule has 1 fully saturated rings. The topological polar surface area (TPSA) is 99.2 Å². The van der Waals surface area contributed by atoms with E-state index in [1.54, 1.807) is 37.4 Å². The number of ether oxygens (including phenoxy) is 4. The molecule has 0 radical (unpaired) electrons. The van der Waals surface area contributed by atoms with Crippen molar-refractivity contribution < 1.29 is 28.5 Å². The molecule has 9 nitrogen and oxygen atoms in total. The van der Waals surface area contributed by atoms with E-state index in [1.807, 2.05) is 42.5 Å². The van der Waals surface area contributed by atoms with Crippen molar-refractivity contribution >= 4 is 35.1 Å². The van der Waals surface area contributed by atoms with Gasteiger partial charge in [-0.1, -0.05) is 71.7 Å². The summed E-state index contributed by atoms with van der Waals surface area (Å²) >= 11 is 12.9. The highest BCUT2D eigenvalue weighted by Crippen LogP contribution is 2.35. The molecule has 0 saturated carbocycles. The SMILES string of the molecule is COc1ccc([C@H](Cc2c(Cl)cncc2Cl)OC(=O)c2ccc(CNC(C(=O)OC3CCN(C)CC3)c3ccccc3)cc2)cc1OC. The molecule has 1 N–H and O–H groups in total. The summed E-state index contributed by atoms with van der Waals surface area (Å²) in [6, 6.07) is 21.3. The van der Waals surface area contributed by atoms with Crippen LogP contribution in [0.1, 0.15) is 57.6 Å². The molecule has 1 aromatic heterocycles. The number of piperidine rings is 1. The van der Waals surface area contributed by atoms with Gasteiger partial charge in [0.05, 0.1) is 29.8 Å². The third kappa shape index (κ3) is 9.05. The largest absolute Gasteiger partial charge is 0.493 e. The van der Waals surface area contributed by atoms with Crippen LogP contribution in [0.4, 0.5) is 0 Å². The smallest absolute Gasteiger partial charge is 0.338 e. The predicted octanol–water partition coefficient (Wildman–Crippen LogP) is 7.01. The first kappa shape index (κ1) is 35.2. The molecule has 48 heavy (non-hydrogen) atoms. The molecule has 5 rings (SSSR count). The number of aromatic nitrogens is 1. The second-order valence-corrected chi connectivity index (χ2v) is 12.5. The molecule has 0 bridgehead atoms. The molecular formula is C37H39Cl2N3O6. The van der Waals surface area contributed by atoms with Crippen molar-refractivity contribution in [2.24, 2.45) is 0 Å². The molecule has 1 saturated heterocycles. The number of hydrogen-bond acceptors (Lipinski definition) is 9. The Kier molecular flexibility index (Phi) is 12.3. The van der Waals surface area contributed by atoms with Crippen LogP contribution >= 0.6 is 23.2 Å². The first-order valence-corrected chi connectivity index (χ1v) is 16.5. The highest BCUT2D eigenvalue weighted by Gasteiger charge is 2.27. The third-order valence-electron chi connectivity index (χ3n) is 8.39. The fourth-order valence-electron chi connectivity index (χ4n) is 5.59. The molecule has 0 amide bonds. The van der Waals surface area contributed by atoms with Gasteiger partial charge in [-0.15, -0.1) is 0 Å².